The van der Waals surface area contributed by atoms with Crippen molar-refractivity contribution in [2.24, 2.45) is 5.10 Å². The van der Waals surface area contributed by atoms with Crippen LogP contribution in [0.15, 0.2) is 35.4 Å². The molecule has 5 nitrogen and oxygen atoms in total. The van der Waals surface area contributed by atoms with Gasteiger partial charge in [-0.05, 0) is 51.2 Å². The first kappa shape index (κ1) is 17.0. The summed E-state index contributed by atoms with van der Waals surface area (Å²) in [4.78, 5) is 0. The molecule has 2 rings (SSSR count). The van der Waals surface area contributed by atoms with Gasteiger partial charge in [0.15, 0.2) is 5.11 Å². The Labute approximate surface area is 142 Å². The number of rotatable bonds is 5. The zero-order chi connectivity index (χ0) is 16.8. The van der Waals surface area contributed by atoms with Crippen molar-refractivity contribution in [2.45, 2.75) is 20.8 Å². The van der Waals surface area contributed by atoms with Crippen molar-refractivity contribution < 1.29 is 4.74 Å². The number of nitrogens with one attached hydrogen (secondary N) is 2. The Morgan fingerprint density at radius 1 is 1.35 bits per heavy atom. The van der Waals surface area contributed by atoms with Crippen LogP contribution in [-0.2, 0) is 0 Å². The molecule has 0 amide bonds. The van der Waals surface area contributed by atoms with Crippen LogP contribution in [0.2, 0.25) is 0 Å². The molecule has 23 heavy (non-hydrogen) atoms. The van der Waals surface area contributed by atoms with Gasteiger partial charge in [-0.3, -0.25) is 5.43 Å². The highest BCUT2D eigenvalue weighted by atomic mass is 32.1. The molecule has 2 N–H and O–H groups in total. The Kier molecular flexibility index (Phi) is 5.76. The van der Waals surface area contributed by atoms with Gasteiger partial charge in [0.05, 0.1) is 13.3 Å². The molecule has 1 heterocycles. The summed E-state index contributed by atoms with van der Waals surface area (Å²) in [6.07, 6.45) is 1.78. The minimum atomic E-state index is 0.519. The van der Waals surface area contributed by atoms with Crippen molar-refractivity contribution in [1.29, 1.82) is 0 Å². The van der Waals surface area contributed by atoms with E-state index in [-0.39, 0.29) is 0 Å². The molecule has 0 aliphatic rings. The van der Waals surface area contributed by atoms with Gasteiger partial charge in [0, 0.05) is 35.2 Å². The van der Waals surface area contributed by atoms with Crippen LogP contribution in [0, 0.1) is 13.8 Å². The monoisotopic (exact) mass is 330 g/mol. The lowest BCUT2D eigenvalue weighted by Crippen LogP contribution is -2.31. The maximum Gasteiger partial charge on any atom is 0.186 e. The number of aromatic nitrogens is 1. The van der Waals surface area contributed by atoms with Crippen LogP contribution in [0.3, 0.4) is 0 Å². The van der Waals surface area contributed by atoms with Crippen molar-refractivity contribution in [1.82, 2.24) is 15.3 Å². The van der Waals surface area contributed by atoms with E-state index in [9.17, 15) is 0 Å². The number of ether oxygens (including phenoxy) is 1. The molecule has 0 fully saturated rings. The summed E-state index contributed by atoms with van der Waals surface area (Å²) in [6.45, 7) is 6.89. The normalized spacial score (nSPS) is 10.8. The molecular formula is C17H22N4OS. The molecule has 1 aromatic heterocycles. The van der Waals surface area contributed by atoms with E-state index in [1.165, 1.54) is 0 Å². The Balaban J connectivity index is 2.25. The fourth-order valence-electron chi connectivity index (χ4n) is 2.43. The van der Waals surface area contributed by atoms with Crippen molar-refractivity contribution in [3.05, 3.63) is 47.3 Å². The summed E-state index contributed by atoms with van der Waals surface area (Å²) in [5, 5.41) is 7.69. The van der Waals surface area contributed by atoms with Crippen molar-refractivity contribution in [3.63, 3.8) is 0 Å². The number of methoxy groups -OCH3 is 1. The predicted molar refractivity (Wildman–Crippen MR) is 98.8 cm³/mol. The van der Waals surface area contributed by atoms with Gasteiger partial charge in [-0.1, -0.05) is 6.07 Å². The largest absolute Gasteiger partial charge is 0.497 e. The molecule has 0 aliphatic carbocycles. The quantitative estimate of drug-likeness (QED) is 0.503. The lowest BCUT2D eigenvalue weighted by molar-refractivity contribution is 0.414. The third-order valence-electron chi connectivity index (χ3n) is 3.49. The van der Waals surface area contributed by atoms with Gasteiger partial charge in [-0.15, -0.1) is 0 Å². The smallest absolute Gasteiger partial charge is 0.186 e. The molecule has 0 unspecified atom stereocenters. The maximum absolute atomic E-state index is 5.31. The second kappa shape index (κ2) is 7.78. The number of hydrogen-bond acceptors (Lipinski definition) is 3. The van der Waals surface area contributed by atoms with E-state index >= 15 is 0 Å². The number of aryl methyl sites for hydroxylation is 1. The summed E-state index contributed by atoms with van der Waals surface area (Å²) in [5.41, 5.74) is 7.15. The highest BCUT2D eigenvalue weighted by Gasteiger charge is 2.10. The van der Waals surface area contributed by atoms with E-state index in [4.69, 9.17) is 17.0 Å². The van der Waals surface area contributed by atoms with Gasteiger partial charge >= 0.3 is 0 Å². The van der Waals surface area contributed by atoms with Gasteiger partial charge in [-0.25, -0.2) is 0 Å². The Hall–Kier alpha value is -2.34. The molecule has 2 aromatic rings. The lowest BCUT2D eigenvalue weighted by atomic mass is 10.2. The lowest BCUT2D eigenvalue weighted by Gasteiger charge is -2.11. The summed E-state index contributed by atoms with van der Waals surface area (Å²) in [5.74, 6) is 0.836. The number of hydrogen-bond donors (Lipinski definition) is 2. The number of hydrazone groups is 1. The average molecular weight is 330 g/mol. The summed E-state index contributed by atoms with van der Waals surface area (Å²) in [7, 11) is 1.67. The van der Waals surface area contributed by atoms with Crippen molar-refractivity contribution in [2.75, 3.05) is 13.7 Å². The van der Waals surface area contributed by atoms with E-state index in [0.29, 0.717) is 5.11 Å². The topological polar surface area (TPSA) is 50.6 Å². The fraction of sp³-hybridized carbons (Fsp3) is 0.294. The first-order chi connectivity index (χ1) is 11.1. The van der Waals surface area contributed by atoms with Crippen LogP contribution < -0.4 is 15.5 Å². The SMILES string of the molecule is CCNC(=S)N/N=C/c1cc(C)n(-c2cccc(OC)c2)c1C. The van der Waals surface area contributed by atoms with Crippen molar-refractivity contribution >= 4 is 23.5 Å². The minimum absolute atomic E-state index is 0.519. The average Bonchev–Trinajstić information content (AvgIpc) is 2.82. The Morgan fingerprint density at radius 2 is 2.13 bits per heavy atom. The first-order valence-electron chi connectivity index (χ1n) is 7.47. The van der Waals surface area contributed by atoms with Gasteiger partial charge in [0.2, 0.25) is 0 Å². The fourth-order valence-corrected chi connectivity index (χ4v) is 2.62. The van der Waals surface area contributed by atoms with Crippen LogP contribution in [0.4, 0.5) is 0 Å². The van der Waals surface area contributed by atoms with Gasteiger partial charge in [0.1, 0.15) is 5.75 Å². The molecule has 6 heteroatoms. The van der Waals surface area contributed by atoms with Gasteiger partial charge < -0.3 is 14.6 Å². The van der Waals surface area contributed by atoms with E-state index < -0.39 is 0 Å². The van der Waals surface area contributed by atoms with Crippen LogP contribution >= 0.6 is 12.2 Å². The Bertz CT molecular complexity index is 721. The molecule has 0 atom stereocenters. The third kappa shape index (κ3) is 4.10. The Morgan fingerprint density at radius 3 is 2.83 bits per heavy atom. The highest BCUT2D eigenvalue weighted by Crippen LogP contribution is 2.22. The van der Waals surface area contributed by atoms with Crippen LogP contribution in [0.1, 0.15) is 23.9 Å². The second-order valence-corrected chi connectivity index (χ2v) is 5.50. The predicted octanol–water partition coefficient (Wildman–Crippen LogP) is 2.92. The maximum atomic E-state index is 5.31. The van der Waals surface area contributed by atoms with E-state index in [1.54, 1.807) is 13.3 Å². The number of benzene rings is 1. The third-order valence-corrected chi connectivity index (χ3v) is 3.72. The van der Waals surface area contributed by atoms with Crippen LogP contribution in [-0.4, -0.2) is 29.5 Å². The van der Waals surface area contributed by atoms with Crippen molar-refractivity contribution in [3.8, 4) is 11.4 Å². The van der Waals surface area contributed by atoms with E-state index in [2.05, 4.69) is 46.4 Å². The summed E-state index contributed by atoms with van der Waals surface area (Å²) >= 11 is 5.08. The van der Waals surface area contributed by atoms with Gasteiger partial charge in [-0.2, -0.15) is 5.10 Å². The first-order valence-corrected chi connectivity index (χ1v) is 7.88. The molecular weight excluding hydrogens is 308 g/mol. The zero-order valence-corrected chi connectivity index (χ0v) is 14.7. The van der Waals surface area contributed by atoms with E-state index in [0.717, 1.165) is 34.9 Å². The van der Waals surface area contributed by atoms with E-state index in [1.807, 2.05) is 25.1 Å². The molecule has 0 saturated carbocycles. The molecule has 0 bridgehead atoms. The zero-order valence-electron chi connectivity index (χ0n) is 13.9. The molecule has 0 radical (unpaired) electrons. The minimum Gasteiger partial charge on any atom is -0.497 e. The van der Waals surface area contributed by atoms with Crippen LogP contribution in [0.5, 0.6) is 5.75 Å². The summed E-state index contributed by atoms with van der Waals surface area (Å²) in [6, 6.07) is 10.1. The molecule has 122 valence electrons. The van der Waals surface area contributed by atoms with Crippen LogP contribution in [0.25, 0.3) is 5.69 Å². The van der Waals surface area contributed by atoms with Gasteiger partial charge in [0.25, 0.3) is 0 Å². The standard InChI is InChI=1S/C17H22N4OS/c1-5-18-17(23)20-19-11-14-9-12(2)21(13(14)3)15-7-6-8-16(10-15)22-4/h6-11H,5H2,1-4H3,(H2,18,20,23)/b19-11+. The molecule has 0 spiro atoms. The molecule has 0 aliphatic heterocycles. The number of nitrogens with zero attached hydrogens (tertiary/aromatic N) is 2. The summed E-state index contributed by atoms with van der Waals surface area (Å²) < 4.78 is 7.48. The molecule has 1 aromatic carbocycles. The highest BCUT2D eigenvalue weighted by molar-refractivity contribution is 7.80. The second-order valence-electron chi connectivity index (χ2n) is 5.09. The number of thiocarbonyl (C=S) groups is 1. The molecule has 0 saturated heterocycles.